The molecule has 1 aliphatic carbocycles. The number of nitrogens with one attached hydrogen (secondary N) is 3. The Bertz CT molecular complexity index is 1190. The van der Waals surface area contributed by atoms with Crippen LogP contribution in [-0.4, -0.2) is 61.1 Å². The molecule has 1 saturated heterocycles. The standard InChI is InChI=1S/C26H30N4O3/c1-16-7-8-21-18(11-16)13-23(27-21)26(32)28-22-12-17-5-3-4-6-20(17)24(22)29-25(31)19-14-30(2)9-10-33-15-19/h3-8,11,13,19,22,24,27H,9-10,12,14-15H2,1-2H3,(H,28,32)(H,29,31)/t19-,22+,24+/m1/s1. The number of ether oxygens (including phenoxy) is 1. The Labute approximate surface area is 193 Å². The van der Waals surface area contributed by atoms with Crippen LogP contribution in [0.25, 0.3) is 10.9 Å². The molecule has 0 unspecified atom stereocenters. The summed E-state index contributed by atoms with van der Waals surface area (Å²) in [6.07, 6.45) is 0.674. The number of benzene rings is 2. The van der Waals surface area contributed by atoms with Crippen LogP contribution >= 0.6 is 0 Å². The molecule has 2 amide bonds. The molecule has 2 heterocycles. The fourth-order valence-corrected chi connectivity index (χ4v) is 4.92. The highest BCUT2D eigenvalue weighted by Gasteiger charge is 2.36. The van der Waals surface area contributed by atoms with Crippen LogP contribution < -0.4 is 10.6 Å². The second-order valence-corrected chi connectivity index (χ2v) is 9.28. The number of hydrogen-bond acceptors (Lipinski definition) is 4. The molecule has 2 aliphatic rings. The van der Waals surface area contributed by atoms with E-state index in [9.17, 15) is 9.59 Å². The molecule has 1 aliphatic heterocycles. The van der Waals surface area contributed by atoms with Gasteiger partial charge in [0.2, 0.25) is 5.91 Å². The van der Waals surface area contributed by atoms with E-state index >= 15 is 0 Å². The molecule has 7 nitrogen and oxygen atoms in total. The van der Waals surface area contributed by atoms with Crippen molar-refractivity contribution in [1.82, 2.24) is 20.5 Å². The van der Waals surface area contributed by atoms with E-state index in [1.165, 1.54) is 0 Å². The average molecular weight is 447 g/mol. The maximum Gasteiger partial charge on any atom is 0.268 e. The third-order valence-corrected chi connectivity index (χ3v) is 6.71. The van der Waals surface area contributed by atoms with Gasteiger partial charge in [0.25, 0.3) is 5.91 Å². The van der Waals surface area contributed by atoms with Gasteiger partial charge in [-0.2, -0.15) is 0 Å². The lowest BCUT2D eigenvalue weighted by molar-refractivity contribution is -0.127. The summed E-state index contributed by atoms with van der Waals surface area (Å²) in [7, 11) is 2.00. The van der Waals surface area contributed by atoms with E-state index < -0.39 is 0 Å². The maximum atomic E-state index is 13.2. The molecular formula is C26H30N4O3. The van der Waals surface area contributed by atoms with E-state index in [1.807, 2.05) is 50.4 Å². The van der Waals surface area contributed by atoms with Crippen LogP contribution in [-0.2, 0) is 16.0 Å². The van der Waals surface area contributed by atoms with Crippen molar-refractivity contribution in [2.75, 3.05) is 33.4 Å². The first-order valence-corrected chi connectivity index (χ1v) is 11.5. The third-order valence-electron chi connectivity index (χ3n) is 6.71. The van der Waals surface area contributed by atoms with Crippen molar-refractivity contribution in [1.29, 1.82) is 0 Å². The molecule has 7 heteroatoms. The molecule has 3 atom stereocenters. The second-order valence-electron chi connectivity index (χ2n) is 9.28. The predicted octanol–water partition coefficient (Wildman–Crippen LogP) is 2.57. The highest BCUT2D eigenvalue weighted by atomic mass is 16.5. The number of fused-ring (bicyclic) bond motifs is 2. The number of nitrogens with zero attached hydrogens (tertiary/aromatic N) is 1. The number of H-pyrrole nitrogens is 1. The first-order valence-electron chi connectivity index (χ1n) is 11.5. The zero-order valence-corrected chi connectivity index (χ0v) is 19.1. The fourth-order valence-electron chi connectivity index (χ4n) is 4.92. The smallest absolute Gasteiger partial charge is 0.268 e. The van der Waals surface area contributed by atoms with Gasteiger partial charge in [-0.3, -0.25) is 9.59 Å². The van der Waals surface area contributed by atoms with E-state index in [0.29, 0.717) is 31.9 Å². The van der Waals surface area contributed by atoms with Gasteiger partial charge in [0, 0.05) is 24.0 Å². The van der Waals surface area contributed by atoms with Gasteiger partial charge in [0.15, 0.2) is 0 Å². The first kappa shape index (κ1) is 21.7. The summed E-state index contributed by atoms with van der Waals surface area (Å²) in [5.41, 5.74) is 4.81. The van der Waals surface area contributed by atoms with Gasteiger partial charge in [0.05, 0.1) is 31.2 Å². The van der Waals surface area contributed by atoms with Crippen molar-refractivity contribution in [3.05, 3.63) is 70.9 Å². The van der Waals surface area contributed by atoms with Crippen LogP contribution in [0.1, 0.15) is 33.2 Å². The first-order chi connectivity index (χ1) is 16.0. The molecule has 2 aromatic carbocycles. The van der Waals surface area contributed by atoms with E-state index in [1.54, 1.807) is 0 Å². The molecule has 33 heavy (non-hydrogen) atoms. The summed E-state index contributed by atoms with van der Waals surface area (Å²) in [6, 6.07) is 15.5. The van der Waals surface area contributed by atoms with Gasteiger partial charge in [-0.1, -0.05) is 35.9 Å². The van der Waals surface area contributed by atoms with Gasteiger partial charge in [-0.15, -0.1) is 0 Å². The van der Waals surface area contributed by atoms with Crippen LogP contribution in [0, 0.1) is 12.8 Å². The number of amides is 2. The molecule has 1 aromatic heterocycles. The summed E-state index contributed by atoms with van der Waals surface area (Å²) in [5.74, 6) is -0.442. The lowest BCUT2D eigenvalue weighted by Crippen LogP contribution is -2.47. The lowest BCUT2D eigenvalue weighted by atomic mass is 10.0. The highest BCUT2D eigenvalue weighted by molar-refractivity contribution is 5.98. The minimum absolute atomic E-state index is 0.0363. The monoisotopic (exact) mass is 446 g/mol. The normalized spacial score (nSPS) is 23.2. The van der Waals surface area contributed by atoms with E-state index in [4.69, 9.17) is 4.74 Å². The Morgan fingerprint density at radius 2 is 1.97 bits per heavy atom. The maximum absolute atomic E-state index is 13.2. The van der Waals surface area contributed by atoms with Crippen molar-refractivity contribution < 1.29 is 14.3 Å². The van der Waals surface area contributed by atoms with Gasteiger partial charge >= 0.3 is 0 Å². The van der Waals surface area contributed by atoms with Gasteiger partial charge in [-0.05, 0) is 49.7 Å². The topological polar surface area (TPSA) is 86.5 Å². The number of aryl methyl sites for hydroxylation is 1. The Morgan fingerprint density at radius 1 is 1.12 bits per heavy atom. The SMILES string of the molecule is Cc1ccc2[nH]c(C(=O)N[C@H]3Cc4ccccc4[C@@H]3NC(=O)[C@H]3COCCN(C)C3)cc2c1. The number of carbonyl (C=O) groups excluding carboxylic acids is 2. The number of hydrogen-bond donors (Lipinski definition) is 3. The molecule has 0 radical (unpaired) electrons. The number of rotatable bonds is 4. The van der Waals surface area contributed by atoms with Crippen molar-refractivity contribution >= 4 is 22.7 Å². The molecule has 3 N–H and O–H groups in total. The third kappa shape index (κ3) is 4.51. The minimum Gasteiger partial charge on any atom is -0.379 e. The van der Waals surface area contributed by atoms with Crippen LogP contribution in [0.2, 0.25) is 0 Å². The fraction of sp³-hybridized carbons (Fsp3) is 0.385. The Balaban J connectivity index is 1.35. The van der Waals surface area contributed by atoms with E-state index in [0.717, 1.165) is 34.1 Å². The molecule has 172 valence electrons. The molecule has 0 spiro atoms. The summed E-state index contributed by atoms with van der Waals surface area (Å²) >= 11 is 0. The van der Waals surface area contributed by atoms with Crippen LogP contribution in [0.4, 0.5) is 0 Å². The zero-order chi connectivity index (χ0) is 22.9. The van der Waals surface area contributed by atoms with E-state index in [-0.39, 0.29) is 29.8 Å². The summed E-state index contributed by atoms with van der Waals surface area (Å²) < 4.78 is 5.64. The molecule has 0 saturated carbocycles. The van der Waals surface area contributed by atoms with Crippen molar-refractivity contribution in [3.63, 3.8) is 0 Å². The predicted molar refractivity (Wildman–Crippen MR) is 127 cm³/mol. The molecule has 0 bridgehead atoms. The number of aromatic nitrogens is 1. The Hall–Kier alpha value is -3.16. The van der Waals surface area contributed by atoms with Crippen molar-refractivity contribution in [3.8, 4) is 0 Å². The Kier molecular flexibility index (Phi) is 5.91. The average Bonchev–Trinajstić information content (AvgIpc) is 3.28. The Morgan fingerprint density at radius 3 is 2.85 bits per heavy atom. The quantitative estimate of drug-likeness (QED) is 0.575. The zero-order valence-electron chi connectivity index (χ0n) is 19.1. The molecule has 3 aromatic rings. The number of likely N-dealkylation sites (N-methyl/N-ethyl adjacent to an activating group) is 1. The van der Waals surface area contributed by atoms with Gasteiger partial charge in [0.1, 0.15) is 5.69 Å². The molecular weight excluding hydrogens is 416 g/mol. The van der Waals surface area contributed by atoms with Gasteiger partial charge in [-0.25, -0.2) is 0 Å². The van der Waals surface area contributed by atoms with Gasteiger partial charge < -0.3 is 25.3 Å². The number of carbonyl (C=O) groups is 2. The van der Waals surface area contributed by atoms with Crippen LogP contribution in [0.5, 0.6) is 0 Å². The van der Waals surface area contributed by atoms with Crippen molar-refractivity contribution in [2.45, 2.75) is 25.4 Å². The number of aromatic amines is 1. The summed E-state index contributed by atoms with van der Waals surface area (Å²) in [6.45, 7) is 4.56. The molecule has 1 fully saturated rings. The van der Waals surface area contributed by atoms with Crippen LogP contribution in [0.15, 0.2) is 48.5 Å². The molecule has 5 rings (SSSR count). The minimum atomic E-state index is -0.280. The summed E-state index contributed by atoms with van der Waals surface area (Å²) in [4.78, 5) is 31.7. The highest BCUT2D eigenvalue weighted by Crippen LogP contribution is 2.32. The second kappa shape index (κ2) is 9.00. The lowest BCUT2D eigenvalue weighted by Gasteiger charge is -2.26. The van der Waals surface area contributed by atoms with E-state index in [2.05, 4.69) is 32.7 Å². The largest absolute Gasteiger partial charge is 0.379 e. The van der Waals surface area contributed by atoms with Crippen LogP contribution in [0.3, 0.4) is 0 Å². The summed E-state index contributed by atoms with van der Waals surface area (Å²) in [5, 5.41) is 7.41. The van der Waals surface area contributed by atoms with Crippen molar-refractivity contribution in [2.24, 2.45) is 5.92 Å².